The highest BCUT2D eigenvalue weighted by molar-refractivity contribution is 6.31. The molecule has 0 amide bonds. The normalized spacial score (nSPS) is 26.5. The van der Waals surface area contributed by atoms with E-state index >= 15 is 0 Å². The lowest BCUT2D eigenvalue weighted by molar-refractivity contribution is 0.536. The van der Waals surface area contributed by atoms with Gasteiger partial charge >= 0.3 is 0 Å². The SMILES string of the molecule is CC1=C2N=C(N)N=C2[C@@H]2C(=NC(=N)N2C)C=C1. The summed E-state index contributed by atoms with van der Waals surface area (Å²) in [7, 11) is 1.83. The van der Waals surface area contributed by atoms with Gasteiger partial charge in [0.15, 0.2) is 0 Å². The number of nitrogens with zero attached hydrogens (tertiary/aromatic N) is 4. The van der Waals surface area contributed by atoms with Gasteiger partial charge in [-0.2, -0.15) is 0 Å². The molecule has 0 bridgehead atoms. The summed E-state index contributed by atoms with van der Waals surface area (Å²) in [5.41, 5.74) is 9.08. The fraction of sp³-hybridized carbons (Fsp3) is 0.273. The summed E-state index contributed by atoms with van der Waals surface area (Å²) >= 11 is 0. The van der Waals surface area contributed by atoms with E-state index in [9.17, 15) is 0 Å². The van der Waals surface area contributed by atoms with Crippen molar-refractivity contribution in [2.45, 2.75) is 13.0 Å². The highest BCUT2D eigenvalue weighted by Gasteiger charge is 2.37. The zero-order valence-corrected chi connectivity index (χ0v) is 9.60. The molecule has 6 nitrogen and oxygen atoms in total. The van der Waals surface area contributed by atoms with Crippen molar-refractivity contribution in [2.24, 2.45) is 20.7 Å². The van der Waals surface area contributed by atoms with Crippen molar-refractivity contribution in [3.63, 3.8) is 0 Å². The third-order valence-corrected chi connectivity index (χ3v) is 3.08. The molecule has 0 fully saturated rings. The van der Waals surface area contributed by atoms with Crippen LogP contribution in [0.1, 0.15) is 6.92 Å². The second-order valence-electron chi connectivity index (χ2n) is 4.21. The molecule has 3 aliphatic rings. The summed E-state index contributed by atoms with van der Waals surface area (Å²) in [6, 6.07) is -0.143. The lowest BCUT2D eigenvalue weighted by Crippen LogP contribution is -2.40. The highest BCUT2D eigenvalue weighted by Crippen LogP contribution is 2.26. The van der Waals surface area contributed by atoms with Crippen LogP contribution in [0.5, 0.6) is 0 Å². The van der Waals surface area contributed by atoms with Crippen LogP contribution in [0, 0.1) is 5.41 Å². The molecule has 0 saturated carbocycles. The molecule has 0 spiro atoms. The summed E-state index contributed by atoms with van der Waals surface area (Å²) in [6.07, 6.45) is 3.86. The van der Waals surface area contributed by atoms with Crippen molar-refractivity contribution in [3.05, 3.63) is 23.4 Å². The first-order valence-electron chi connectivity index (χ1n) is 5.30. The molecule has 0 radical (unpaired) electrons. The molecule has 0 aromatic heterocycles. The predicted molar refractivity (Wildman–Crippen MR) is 67.6 cm³/mol. The quantitative estimate of drug-likeness (QED) is 0.624. The predicted octanol–water partition coefficient (Wildman–Crippen LogP) is 0.289. The van der Waals surface area contributed by atoms with E-state index in [-0.39, 0.29) is 18.0 Å². The summed E-state index contributed by atoms with van der Waals surface area (Å²) in [5.74, 6) is 0.512. The Morgan fingerprint density at radius 2 is 2.06 bits per heavy atom. The number of fused-ring (bicyclic) bond motifs is 3. The molecular formula is C11H12N6. The fourth-order valence-corrected chi connectivity index (χ4v) is 2.18. The van der Waals surface area contributed by atoms with E-state index in [0.29, 0.717) is 0 Å². The van der Waals surface area contributed by atoms with Crippen LogP contribution in [0.2, 0.25) is 0 Å². The first kappa shape index (κ1) is 9.95. The minimum absolute atomic E-state index is 0.143. The van der Waals surface area contributed by atoms with E-state index in [4.69, 9.17) is 11.1 Å². The molecule has 86 valence electrons. The maximum Gasteiger partial charge on any atom is 0.221 e. The first-order valence-corrected chi connectivity index (χ1v) is 5.30. The monoisotopic (exact) mass is 228 g/mol. The zero-order valence-electron chi connectivity index (χ0n) is 9.60. The minimum Gasteiger partial charge on any atom is -0.368 e. The average molecular weight is 228 g/mol. The van der Waals surface area contributed by atoms with Crippen LogP contribution in [0.15, 0.2) is 38.4 Å². The van der Waals surface area contributed by atoms with Crippen molar-refractivity contribution < 1.29 is 0 Å². The molecule has 2 aliphatic heterocycles. The van der Waals surface area contributed by atoms with Gasteiger partial charge in [-0.3, -0.25) is 5.41 Å². The second kappa shape index (κ2) is 3.13. The molecule has 1 aliphatic carbocycles. The van der Waals surface area contributed by atoms with Crippen LogP contribution in [0.4, 0.5) is 0 Å². The molecule has 0 aromatic carbocycles. The van der Waals surface area contributed by atoms with Crippen LogP contribution in [0.3, 0.4) is 0 Å². The Morgan fingerprint density at radius 1 is 1.29 bits per heavy atom. The van der Waals surface area contributed by atoms with Gasteiger partial charge in [-0.05, 0) is 18.6 Å². The Morgan fingerprint density at radius 3 is 2.82 bits per heavy atom. The van der Waals surface area contributed by atoms with Crippen LogP contribution >= 0.6 is 0 Å². The Kier molecular flexibility index (Phi) is 1.83. The van der Waals surface area contributed by atoms with Gasteiger partial charge in [0.25, 0.3) is 0 Å². The number of guanidine groups is 2. The number of allylic oxidation sites excluding steroid dienone is 2. The zero-order chi connectivity index (χ0) is 12.2. The summed E-state index contributed by atoms with van der Waals surface area (Å²) in [4.78, 5) is 14.5. The van der Waals surface area contributed by atoms with Gasteiger partial charge in [0.2, 0.25) is 11.9 Å². The molecule has 17 heavy (non-hydrogen) atoms. The number of nitrogens with two attached hydrogens (primary N) is 1. The third-order valence-electron chi connectivity index (χ3n) is 3.08. The summed E-state index contributed by atoms with van der Waals surface area (Å²) < 4.78 is 0. The molecule has 0 unspecified atom stereocenters. The molecule has 2 heterocycles. The fourth-order valence-electron chi connectivity index (χ4n) is 2.18. The van der Waals surface area contributed by atoms with Crippen LogP contribution in [-0.4, -0.2) is 41.3 Å². The van der Waals surface area contributed by atoms with E-state index in [2.05, 4.69) is 15.0 Å². The van der Waals surface area contributed by atoms with E-state index in [1.54, 1.807) is 4.90 Å². The molecule has 1 atom stereocenters. The Hall–Kier alpha value is -2.24. The van der Waals surface area contributed by atoms with Crippen molar-refractivity contribution in [1.82, 2.24) is 4.90 Å². The Bertz CT molecular complexity index is 575. The van der Waals surface area contributed by atoms with Crippen LogP contribution < -0.4 is 5.73 Å². The standard InChI is InChI=1S/C11H12N6/c1-5-3-4-6-9(17(2)11(13)14-6)8-7(5)15-10(12)16-8/h3-4,9,13H,1-2H3,(H2,12,15)/t9-/m0/s1. The number of nitrogens with one attached hydrogen (secondary N) is 1. The van der Waals surface area contributed by atoms with Crippen molar-refractivity contribution in [1.29, 1.82) is 5.41 Å². The smallest absolute Gasteiger partial charge is 0.221 e. The van der Waals surface area contributed by atoms with Gasteiger partial charge in [-0.25, -0.2) is 15.0 Å². The molecule has 3 rings (SSSR count). The number of hydrogen-bond donors (Lipinski definition) is 2. The third kappa shape index (κ3) is 1.27. The van der Waals surface area contributed by atoms with Crippen LogP contribution in [0.25, 0.3) is 0 Å². The van der Waals surface area contributed by atoms with Crippen LogP contribution in [-0.2, 0) is 0 Å². The van der Waals surface area contributed by atoms with Gasteiger partial charge in [0.05, 0.1) is 17.1 Å². The molecule has 0 aromatic rings. The number of aliphatic imine (C=N–C) groups is 3. The van der Waals surface area contributed by atoms with Gasteiger partial charge in [-0.15, -0.1) is 0 Å². The largest absolute Gasteiger partial charge is 0.368 e. The highest BCUT2D eigenvalue weighted by atomic mass is 15.3. The maximum atomic E-state index is 7.74. The topological polar surface area (TPSA) is 90.2 Å². The van der Waals surface area contributed by atoms with Crippen molar-refractivity contribution in [3.8, 4) is 0 Å². The van der Waals surface area contributed by atoms with Gasteiger partial charge in [-0.1, -0.05) is 6.08 Å². The average Bonchev–Trinajstić information content (AvgIpc) is 2.74. The minimum atomic E-state index is -0.143. The van der Waals surface area contributed by atoms with Gasteiger partial charge in [0.1, 0.15) is 6.04 Å². The first-order chi connectivity index (χ1) is 8.08. The summed E-state index contributed by atoms with van der Waals surface area (Å²) in [5, 5.41) is 7.74. The lowest BCUT2D eigenvalue weighted by atomic mass is 10.0. The maximum absolute atomic E-state index is 7.74. The van der Waals surface area contributed by atoms with E-state index in [0.717, 1.165) is 22.7 Å². The van der Waals surface area contributed by atoms with E-state index in [1.807, 2.05) is 26.1 Å². The molecular weight excluding hydrogens is 216 g/mol. The van der Waals surface area contributed by atoms with E-state index in [1.165, 1.54) is 0 Å². The van der Waals surface area contributed by atoms with Crippen molar-refractivity contribution in [2.75, 3.05) is 7.05 Å². The molecule has 0 saturated heterocycles. The Balaban J connectivity index is 2.19. The van der Waals surface area contributed by atoms with Gasteiger partial charge < -0.3 is 10.6 Å². The lowest BCUT2D eigenvalue weighted by Gasteiger charge is -2.20. The van der Waals surface area contributed by atoms with Gasteiger partial charge in [0, 0.05) is 7.05 Å². The summed E-state index contributed by atoms with van der Waals surface area (Å²) in [6.45, 7) is 1.97. The van der Waals surface area contributed by atoms with Crippen molar-refractivity contribution >= 4 is 23.3 Å². The second-order valence-corrected chi connectivity index (χ2v) is 4.21. The number of hydrogen-bond acceptors (Lipinski definition) is 4. The molecule has 3 N–H and O–H groups in total. The molecule has 6 heteroatoms. The Labute approximate surface area is 98.5 Å². The number of rotatable bonds is 0. The van der Waals surface area contributed by atoms with E-state index < -0.39 is 0 Å².